The Morgan fingerprint density at radius 3 is 2.82 bits per heavy atom. The van der Waals surface area contributed by atoms with Crippen LogP contribution in [0.1, 0.15) is 6.42 Å². The van der Waals surface area contributed by atoms with Gasteiger partial charge in [0.2, 0.25) is 0 Å². The number of likely N-dealkylation sites (tertiary alicyclic amines) is 1. The summed E-state index contributed by atoms with van der Waals surface area (Å²) in [5, 5.41) is -0.203. The summed E-state index contributed by atoms with van der Waals surface area (Å²) in [6, 6.07) is 7.35. The average molecular weight is 322 g/mol. The zero-order valence-corrected chi connectivity index (χ0v) is 13.0. The average Bonchev–Trinajstić information content (AvgIpc) is 3.11. The zero-order chi connectivity index (χ0) is 15.3. The van der Waals surface area contributed by atoms with Gasteiger partial charge >= 0.3 is 5.76 Å². The summed E-state index contributed by atoms with van der Waals surface area (Å²) in [7, 11) is -2.90. The Morgan fingerprint density at radius 2 is 2.00 bits per heavy atom. The Morgan fingerprint density at radius 1 is 1.18 bits per heavy atom. The first-order valence-electron chi connectivity index (χ1n) is 7.57. The van der Waals surface area contributed by atoms with Crippen molar-refractivity contribution in [3.8, 4) is 0 Å². The summed E-state index contributed by atoms with van der Waals surface area (Å²) in [4.78, 5) is 14.1. The molecule has 2 aliphatic rings. The number of nitrogens with zero attached hydrogens (tertiary/aromatic N) is 2. The molecule has 2 fully saturated rings. The molecule has 2 saturated heterocycles. The minimum Gasteiger partial charge on any atom is -0.408 e. The van der Waals surface area contributed by atoms with Gasteiger partial charge in [0.25, 0.3) is 0 Å². The monoisotopic (exact) mass is 322 g/mol. The third-order valence-electron chi connectivity index (χ3n) is 4.90. The van der Waals surface area contributed by atoms with Crippen molar-refractivity contribution in [3.63, 3.8) is 0 Å². The van der Waals surface area contributed by atoms with Crippen LogP contribution in [0.4, 0.5) is 0 Å². The quantitative estimate of drug-likeness (QED) is 0.832. The fourth-order valence-corrected chi connectivity index (χ4v) is 5.91. The van der Waals surface area contributed by atoms with Crippen molar-refractivity contribution in [1.29, 1.82) is 0 Å². The van der Waals surface area contributed by atoms with Crippen LogP contribution in [0.25, 0.3) is 11.1 Å². The van der Waals surface area contributed by atoms with Crippen molar-refractivity contribution in [2.75, 3.05) is 25.4 Å². The lowest BCUT2D eigenvalue weighted by Gasteiger charge is -2.16. The summed E-state index contributed by atoms with van der Waals surface area (Å²) in [6.07, 6.45) is 0.776. The van der Waals surface area contributed by atoms with Crippen molar-refractivity contribution >= 4 is 20.9 Å². The van der Waals surface area contributed by atoms with E-state index in [1.54, 1.807) is 10.6 Å². The number of aromatic nitrogens is 1. The maximum Gasteiger partial charge on any atom is 0.419 e. The lowest BCUT2D eigenvalue weighted by Crippen LogP contribution is -2.31. The largest absolute Gasteiger partial charge is 0.419 e. The van der Waals surface area contributed by atoms with E-state index in [9.17, 15) is 13.2 Å². The number of rotatable bonds is 3. The fraction of sp³-hybridized carbons (Fsp3) is 0.533. The number of hydrogen-bond donors (Lipinski definition) is 0. The normalized spacial score (nSPS) is 27.5. The van der Waals surface area contributed by atoms with E-state index in [1.807, 2.05) is 18.2 Å². The molecule has 0 aliphatic carbocycles. The molecule has 1 aromatic heterocycles. The topological polar surface area (TPSA) is 72.5 Å². The van der Waals surface area contributed by atoms with Crippen molar-refractivity contribution in [1.82, 2.24) is 9.47 Å². The predicted octanol–water partition coefficient (Wildman–Crippen LogP) is 0.713. The van der Waals surface area contributed by atoms with Crippen LogP contribution in [-0.2, 0) is 16.4 Å². The second kappa shape index (κ2) is 4.96. The van der Waals surface area contributed by atoms with Gasteiger partial charge in [-0.05, 0) is 24.5 Å². The molecule has 4 rings (SSSR count). The number of oxazole rings is 1. The molecule has 0 N–H and O–H groups in total. The molecule has 3 heterocycles. The second-order valence-corrected chi connectivity index (χ2v) is 8.54. The van der Waals surface area contributed by atoms with E-state index >= 15 is 0 Å². The zero-order valence-electron chi connectivity index (χ0n) is 12.1. The minimum absolute atomic E-state index is 0.203. The van der Waals surface area contributed by atoms with Gasteiger partial charge in [-0.15, -0.1) is 0 Å². The summed E-state index contributed by atoms with van der Waals surface area (Å²) < 4.78 is 30.7. The highest BCUT2D eigenvalue weighted by molar-refractivity contribution is 7.92. The molecule has 118 valence electrons. The molecule has 0 saturated carbocycles. The Hall–Kier alpha value is -1.60. The van der Waals surface area contributed by atoms with Crippen LogP contribution >= 0.6 is 0 Å². The minimum atomic E-state index is -2.90. The van der Waals surface area contributed by atoms with E-state index in [2.05, 4.69) is 4.90 Å². The summed E-state index contributed by atoms with van der Waals surface area (Å²) in [5.41, 5.74) is 1.38. The predicted molar refractivity (Wildman–Crippen MR) is 82.6 cm³/mol. The third-order valence-corrected chi connectivity index (χ3v) is 7.17. The van der Waals surface area contributed by atoms with Crippen LogP contribution in [0, 0.1) is 5.92 Å². The Bertz CT molecular complexity index is 867. The first-order valence-corrected chi connectivity index (χ1v) is 9.28. The summed E-state index contributed by atoms with van der Waals surface area (Å²) in [5.74, 6) is 0.248. The number of benzene rings is 1. The lowest BCUT2D eigenvalue weighted by molar-refractivity contribution is 0.304. The standard InChI is InChI=1S/C15H18N2O4S/c18-15-17(12-3-1-2-4-13(12)21-15)7-6-16-9-11-5-8-22(19,20)14(11)10-16/h1-4,11,14H,5-10H2/t11-,14+/m0/s1. The van der Waals surface area contributed by atoms with E-state index in [1.165, 1.54) is 0 Å². The molecule has 2 aromatic rings. The van der Waals surface area contributed by atoms with Gasteiger partial charge in [-0.3, -0.25) is 9.47 Å². The molecule has 0 amide bonds. The van der Waals surface area contributed by atoms with Crippen LogP contribution in [-0.4, -0.2) is 48.5 Å². The molecule has 0 unspecified atom stereocenters. The Kier molecular flexibility index (Phi) is 3.16. The van der Waals surface area contributed by atoms with Gasteiger partial charge in [0, 0.05) is 26.2 Å². The summed E-state index contributed by atoms with van der Waals surface area (Å²) >= 11 is 0. The summed E-state index contributed by atoms with van der Waals surface area (Å²) in [6.45, 7) is 2.60. The van der Waals surface area contributed by atoms with Crippen LogP contribution in [0.5, 0.6) is 0 Å². The van der Waals surface area contributed by atoms with Crippen LogP contribution in [0.15, 0.2) is 33.5 Å². The van der Waals surface area contributed by atoms with Gasteiger partial charge in [0.1, 0.15) is 0 Å². The van der Waals surface area contributed by atoms with Crippen molar-refractivity contribution in [2.45, 2.75) is 18.2 Å². The number of hydrogen-bond acceptors (Lipinski definition) is 5. The molecule has 0 spiro atoms. The second-order valence-electron chi connectivity index (χ2n) is 6.20. The van der Waals surface area contributed by atoms with Gasteiger partial charge in [0.15, 0.2) is 15.4 Å². The molecular weight excluding hydrogens is 304 g/mol. The molecule has 0 radical (unpaired) electrons. The number of sulfone groups is 1. The van der Waals surface area contributed by atoms with Gasteiger partial charge in [-0.2, -0.15) is 0 Å². The molecule has 7 heteroatoms. The van der Waals surface area contributed by atoms with Crippen LogP contribution < -0.4 is 5.76 Å². The first-order chi connectivity index (χ1) is 10.5. The van der Waals surface area contributed by atoms with Crippen LogP contribution in [0.2, 0.25) is 0 Å². The molecule has 22 heavy (non-hydrogen) atoms. The lowest BCUT2D eigenvalue weighted by atomic mass is 10.1. The number of para-hydroxylation sites is 2. The van der Waals surface area contributed by atoms with Crippen molar-refractivity contribution in [2.24, 2.45) is 5.92 Å². The number of fused-ring (bicyclic) bond motifs is 2. The maximum atomic E-state index is 12.0. The highest BCUT2D eigenvalue weighted by Gasteiger charge is 2.45. The van der Waals surface area contributed by atoms with Crippen molar-refractivity contribution < 1.29 is 12.8 Å². The highest BCUT2D eigenvalue weighted by atomic mass is 32.2. The van der Waals surface area contributed by atoms with E-state index in [0.717, 1.165) is 18.5 Å². The van der Waals surface area contributed by atoms with E-state index in [4.69, 9.17) is 4.42 Å². The molecular formula is C15H18N2O4S. The molecule has 0 bridgehead atoms. The van der Waals surface area contributed by atoms with Crippen molar-refractivity contribution in [3.05, 3.63) is 34.8 Å². The van der Waals surface area contributed by atoms with Gasteiger partial charge in [-0.25, -0.2) is 13.2 Å². The Balaban J connectivity index is 1.50. The maximum absolute atomic E-state index is 12.0. The van der Waals surface area contributed by atoms with Gasteiger partial charge in [0.05, 0.1) is 16.5 Å². The molecule has 1 aromatic carbocycles. The molecule has 6 nitrogen and oxygen atoms in total. The smallest absolute Gasteiger partial charge is 0.408 e. The van der Waals surface area contributed by atoms with E-state index < -0.39 is 9.84 Å². The third kappa shape index (κ3) is 2.19. The van der Waals surface area contributed by atoms with Gasteiger partial charge in [-0.1, -0.05) is 12.1 Å². The Labute approximate surface area is 128 Å². The molecule has 2 atom stereocenters. The van der Waals surface area contributed by atoms with Gasteiger partial charge < -0.3 is 4.42 Å². The fourth-order valence-electron chi connectivity index (χ4n) is 3.73. The SMILES string of the molecule is O=c1oc2ccccc2n1CCN1C[C@@H]2CCS(=O)(=O)[C@@H]2C1. The van der Waals surface area contributed by atoms with E-state index in [0.29, 0.717) is 31.0 Å². The highest BCUT2D eigenvalue weighted by Crippen LogP contribution is 2.33. The molecule has 2 aliphatic heterocycles. The first kappa shape index (κ1) is 14.0. The van der Waals surface area contributed by atoms with Crippen LogP contribution in [0.3, 0.4) is 0 Å². The van der Waals surface area contributed by atoms with E-state index in [-0.39, 0.29) is 16.9 Å².